The summed E-state index contributed by atoms with van der Waals surface area (Å²) in [5, 5.41) is 0. The number of halogens is 1. The van der Waals surface area contributed by atoms with Gasteiger partial charge in [-0.3, -0.25) is 4.98 Å². The number of benzene rings is 1. The molecule has 1 aromatic heterocycles. The second-order valence-electron chi connectivity index (χ2n) is 3.41. The van der Waals surface area contributed by atoms with Crippen molar-refractivity contribution in [2.45, 2.75) is 0 Å². The molecule has 17 heavy (non-hydrogen) atoms. The van der Waals surface area contributed by atoms with Crippen molar-refractivity contribution < 1.29 is 4.39 Å². The fraction of sp³-hybridized carbons (Fsp3) is 0. The molecular weight excluding hydrogens is 215 g/mol. The molecule has 2 rings (SSSR count). The fourth-order valence-electron chi connectivity index (χ4n) is 1.39. The second kappa shape index (κ2) is 5.04. The van der Waals surface area contributed by atoms with Gasteiger partial charge in [0.05, 0.1) is 12.3 Å². The molecule has 0 fully saturated rings. The van der Waals surface area contributed by atoms with E-state index in [1.807, 2.05) is 6.07 Å². The Morgan fingerprint density at radius 2 is 1.94 bits per heavy atom. The van der Waals surface area contributed by atoms with Crippen molar-refractivity contribution in [3.8, 4) is 0 Å². The molecule has 82 valence electrons. The Kier molecular flexibility index (Phi) is 3.27. The van der Waals surface area contributed by atoms with E-state index >= 15 is 0 Å². The van der Waals surface area contributed by atoms with Gasteiger partial charge in [0.1, 0.15) is 5.82 Å². The Hall–Kier alpha value is -2.47. The lowest BCUT2D eigenvalue weighted by Gasteiger charge is -1.98. The van der Waals surface area contributed by atoms with Gasteiger partial charge in [-0.15, -0.1) is 0 Å². The van der Waals surface area contributed by atoms with Gasteiger partial charge in [-0.2, -0.15) is 0 Å². The predicted molar refractivity (Wildman–Crippen MR) is 65.1 cm³/mol. The summed E-state index contributed by atoms with van der Waals surface area (Å²) in [5.74, 6) is -0.288. The zero-order valence-corrected chi connectivity index (χ0v) is 8.97. The van der Waals surface area contributed by atoms with Gasteiger partial charge in [0.15, 0.2) is 0 Å². The molecule has 0 aliphatic heterocycles. The predicted octanol–water partition coefficient (Wildman–Crippen LogP) is 3.64. The highest BCUT2D eigenvalue weighted by Gasteiger charge is 2.01. The van der Waals surface area contributed by atoms with Crippen LogP contribution < -0.4 is 0 Å². The average Bonchev–Trinajstić information content (AvgIpc) is 2.39. The van der Waals surface area contributed by atoms with Crippen LogP contribution in [-0.4, -0.2) is 4.98 Å². The van der Waals surface area contributed by atoms with Crippen molar-refractivity contribution in [1.29, 1.82) is 0 Å². The normalized spacial score (nSPS) is 10.9. The third-order valence-electron chi connectivity index (χ3n) is 2.22. The molecule has 0 aliphatic carbocycles. The molecular formula is C14H9FN2. The molecule has 0 radical (unpaired) electrons. The molecule has 0 saturated heterocycles. The summed E-state index contributed by atoms with van der Waals surface area (Å²) in [4.78, 5) is 7.54. The van der Waals surface area contributed by atoms with Crippen molar-refractivity contribution in [3.63, 3.8) is 0 Å². The molecule has 0 N–H and O–H groups in total. The van der Waals surface area contributed by atoms with Crippen LogP contribution in [0, 0.1) is 12.4 Å². The van der Waals surface area contributed by atoms with Gasteiger partial charge in [-0.1, -0.05) is 18.2 Å². The smallest absolute Gasteiger partial charge is 0.212 e. The third-order valence-corrected chi connectivity index (χ3v) is 2.22. The minimum absolute atomic E-state index is 0.288. The Morgan fingerprint density at radius 1 is 1.18 bits per heavy atom. The van der Waals surface area contributed by atoms with Gasteiger partial charge in [0.25, 0.3) is 0 Å². The Balaban J connectivity index is 2.37. The van der Waals surface area contributed by atoms with E-state index in [1.165, 1.54) is 12.1 Å². The van der Waals surface area contributed by atoms with Crippen molar-refractivity contribution >= 4 is 11.8 Å². The minimum atomic E-state index is -0.288. The molecule has 3 heteroatoms. The first-order valence-corrected chi connectivity index (χ1v) is 5.06. The summed E-state index contributed by atoms with van der Waals surface area (Å²) in [6, 6.07) is 11.4. The Morgan fingerprint density at radius 3 is 2.53 bits per heavy atom. The van der Waals surface area contributed by atoms with E-state index in [2.05, 4.69) is 9.83 Å². The zero-order chi connectivity index (χ0) is 12.1. The molecule has 0 bridgehead atoms. The van der Waals surface area contributed by atoms with E-state index in [0.29, 0.717) is 11.4 Å². The van der Waals surface area contributed by atoms with Gasteiger partial charge in [0.2, 0.25) is 5.70 Å². The van der Waals surface area contributed by atoms with Gasteiger partial charge >= 0.3 is 0 Å². The van der Waals surface area contributed by atoms with Crippen molar-refractivity contribution in [1.82, 2.24) is 4.98 Å². The maximum absolute atomic E-state index is 12.7. The van der Waals surface area contributed by atoms with E-state index in [-0.39, 0.29) is 5.82 Å². The maximum Gasteiger partial charge on any atom is 0.212 e. The standard InChI is InChI=1S/C14H9FN2/c1-16-14(13-4-2-3-9-17-13)10-11-5-7-12(15)8-6-11/h2-10H/b14-10-. The highest BCUT2D eigenvalue weighted by molar-refractivity contribution is 5.83. The van der Waals surface area contributed by atoms with Crippen LogP contribution in [0.3, 0.4) is 0 Å². The summed E-state index contributed by atoms with van der Waals surface area (Å²) in [6.07, 6.45) is 3.33. The molecule has 1 heterocycles. The van der Waals surface area contributed by atoms with Crippen LogP contribution in [-0.2, 0) is 0 Å². The van der Waals surface area contributed by atoms with Gasteiger partial charge in [-0.25, -0.2) is 9.24 Å². The monoisotopic (exact) mass is 224 g/mol. The van der Waals surface area contributed by atoms with E-state index in [9.17, 15) is 4.39 Å². The minimum Gasteiger partial charge on any atom is -0.268 e. The Labute approximate surface area is 98.9 Å². The van der Waals surface area contributed by atoms with Crippen LogP contribution in [0.15, 0.2) is 48.7 Å². The second-order valence-corrected chi connectivity index (χ2v) is 3.41. The molecule has 0 aliphatic rings. The maximum atomic E-state index is 12.7. The number of hydrogen-bond acceptors (Lipinski definition) is 1. The highest BCUT2D eigenvalue weighted by Crippen LogP contribution is 2.17. The van der Waals surface area contributed by atoms with E-state index in [0.717, 1.165) is 5.56 Å². The summed E-state index contributed by atoms with van der Waals surface area (Å²) < 4.78 is 12.7. The Bertz CT molecular complexity index is 565. The lowest BCUT2D eigenvalue weighted by Crippen LogP contribution is -1.84. The van der Waals surface area contributed by atoms with Gasteiger partial charge in [0, 0.05) is 6.20 Å². The number of aromatic nitrogens is 1. The highest BCUT2D eigenvalue weighted by atomic mass is 19.1. The van der Waals surface area contributed by atoms with Crippen LogP contribution in [0.25, 0.3) is 16.6 Å². The number of nitrogens with zero attached hydrogens (tertiary/aromatic N) is 2. The van der Waals surface area contributed by atoms with E-state index < -0.39 is 0 Å². The number of rotatable bonds is 2. The van der Waals surface area contributed by atoms with Crippen LogP contribution >= 0.6 is 0 Å². The van der Waals surface area contributed by atoms with Crippen LogP contribution in [0.5, 0.6) is 0 Å². The molecule has 0 spiro atoms. The first-order chi connectivity index (χ1) is 8.29. The summed E-state index contributed by atoms with van der Waals surface area (Å²) in [6.45, 7) is 7.13. The number of pyridine rings is 1. The summed E-state index contributed by atoms with van der Waals surface area (Å²) >= 11 is 0. The first-order valence-electron chi connectivity index (χ1n) is 5.06. The van der Waals surface area contributed by atoms with Crippen molar-refractivity contribution in [3.05, 3.63) is 77.2 Å². The SMILES string of the molecule is [C-]#[N+]/C(=C\c1ccc(F)cc1)c1ccccn1. The van der Waals surface area contributed by atoms with Crippen LogP contribution in [0.1, 0.15) is 11.3 Å². The lowest BCUT2D eigenvalue weighted by atomic mass is 10.1. The quantitative estimate of drug-likeness (QED) is 0.712. The van der Waals surface area contributed by atoms with E-state index in [1.54, 1.807) is 36.5 Å². The van der Waals surface area contributed by atoms with Crippen LogP contribution in [0.4, 0.5) is 4.39 Å². The molecule has 0 amide bonds. The lowest BCUT2D eigenvalue weighted by molar-refractivity contribution is 0.628. The number of hydrogen-bond donors (Lipinski definition) is 0. The van der Waals surface area contributed by atoms with Gasteiger partial charge in [-0.05, 0) is 35.9 Å². The molecule has 0 unspecified atom stereocenters. The summed E-state index contributed by atoms with van der Waals surface area (Å²) in [7, 11) is 0. The molecule has 1 aromatic carbocycles. The van der Waals surface area contributed by atoms with Crippen LogP contribution in [0.2, 0.25) is 0 Å². The molecule has 2 aromatic rings. The van der Waals surface area contributed by atoms with Crippen molar-refractivity contribution in [2.24, 2.45) is 0 Å². The molecule has 0 atom stereocenters. The fourth-order valence-corrected chi connectivity index (χ4v) is 1.39. The van der Waals surface area contributed by atoms with Gasteiger partial charge < -0.3 is 0 Å². The summed E-state index contributed by atoms with van der Waals surface area (Å²) in [5.41, 5.74) is 1.84. The third kappa shape index (κ3) is 2.76. The molecule has 2 nitrogen and oxygen atoms in total. The topological polar surface area (TPSA) is 17.2 Å². The average molecular weight is 224 g/mol. The van der Waals surface area contributed by atoms with Crippen molar-refractivity contribution in [2.75, 3.05) is 0 Å². The first kappa shape index (κ1) is 11.0. The zero-order valence-electron chi connectivity index (χ0n) is 8.97. The molecule has 0 saturated carbocycles. The van der Waals surface area contributed by atoms with E-state index in [4.69, 9.17) is 6.57 Å². The largest absolute Gasteiger partial charge is 0.268 e.